The minimum atomic E-state index is -0.420. The number of hydrogen-bond acceptors (Lipinski definition) is 4. The topological polar surface area (TPSA) is 74.2 Å². The third kappa shape index (κ3) is 4.69. The van der Waals surface area contributed by atoms with E-state index >= 15 is 0 Å². The van der Waals surface area contributed by atoms with E-state index in [1.165, 1.54) is 13.2 Å². The van der Waals surface area contributed by atoms with Crippen molar-refractivity contribution < 1.29 is 19.0 Å². The first-order valence-corrected chi connectivity index (χ1v) is 8.49. The highest BCUT2D eigenvalue weighted by Crippen LogP contribution is 2.24. The molecule has 2 N–H and O–H groups in total. The molecule has 1 fully saturated rings. The lowest BCUT2D eigenvalue weighted by atomic mass is 9.99. The van der Waals surface area contributed by atoms with E-state index in [4.69, 9.17) is 4.74 Å². The summed E-state index contributed by atoms with van der Waals surface area (Å²) in [6.45, 7) is 6.02. The van der Waals surface area contributed by atoms with Gasteiger partial charge >= 0.3 is 5.97 Å². The van der Waals surface area contributed by atoms with Crippen molar-refractivity contribution in [3.8, 4) is 0 Å². The Balaban J connectivity index is 2.12. The summed E-state index contributed by atoms with van der Waals surface area (Å²) in [5, 5.41) is 12.4. The number of methoxy groups -OCH3 is 1. The van der Waals surface area contributed by atoms with Crippen LogP contribution in [-0.2, 0) is 22.7 Å². The quantitative estimate of drug-likeness (QED) is 0.478. The van der Waals surface area contributed by atoms with Gasteiger partial charge < -0.3 is 20.1 Å². The predicted octanol–water partition coefficient (Wildman–Crippen LogP) is 1.52. The number of aliphatic hydroxyl groups excluding tert-OH is 1. The van der Waals surface area contributed by atoms with E-state index in [-0.39, 0.29) is 30.0 Å². The first kappa shape index (κ1) is 19.2. The highest BCUT2D eigenvalue weighted by atomic mass is 19.1. The van der Waals surface area contributed by atoms with Gasteiger partial charge in [0.25, 0.3) is 0 Å². The standard InChI is InChI=1S/C18H26FN3O3/c1-4-20-18(22-9-12(2)15(10-22)17(24)25-3)21-8-13-5-6-16(19)14(7-13)11-23/h5-7,12,15,23H,4,8-11H2,1-3H3,(H,20,21). The molecule has 0 saturated carbocycles. The van der Waals surface area contributed by atoms with Gasteiger partial charge in [-0.05, 0) is 30.5 Å². The van der Waals surface area contributed by atoms with Gasteiger partial charge in [0, 0.05) is 25.2 Å². The van der Waals surface area contributed by atoms with Gasteiger partial charge in [-0.3, -0.25) is 4.79 Å². The number of nitrogens with zero attached hydrogens (tertiary/aromatic N) is 2. The van der Waals surface area contributed by atoms with Crippen molar-refractivity contribution in [3.63, 3.8) is 0 Å². The van der Waals surface area contributed by atoms with Gasteiger partial charge in [0.2, 0.25) is 0 Å². The second-order valence-electron chi connectivity index (χ2n) is 6.27. The van der Waals surface area contributed by atoms with E-state index in [1.54, 1.807) is 12.1 Å². The number of hydrogen-bond donors (Lipinski definition) is 2. The van der Waals surface area contributed by atoms with Crippen LogP contribution >= 0.6 is 0 Å². The summed E-state index contributed by atoms with van der Waals surface area (Å²) in [4.78, 5) is 18.5. The monoisotopic (exact) mass is 351 g/mol. The number of benzene rings is 1. The molecule has 1 aliphatic heterocycles. The summed E-state index contributed by atoms with van der Waals surface area (Å²) >= 11 is 0. The number of carbonyl (C=O) groups is 1. The average Bonchev–Trinajstić information content (AvgIpc) is 3.00. The number of esters is 1. The van der Waals surface area contributed by atoms with Crippen LogP contribution in [0.3, 0.4) is 0 Å². The molecule has 0 bridgehead atoms. The zero-order valence-electron chi connectivity index (χ0n) is 15.0. The first-order valence-electron chi connectivity index (χ1n) is 8.49. The molecule has 0 aliphatic carbocycles. The number of rotatable bonds is 5. The average molecular weight is 351 g/mol. The number of aliphatic hydroxyl groups is 1. The summed E-state index contributed by atoms with van der Waals surface area (Å²) in [5.74, 6) is 0.118. The normalized spacial score (nSPS) is 20.7. The van der Waals surface area contributed by atoms with Crippen LogP contribution in [0.25, 0.3) is 0 Å². The van der Waals surface area contributed by atoms with E-state index in [0.29, 0.717) is 19.6 Å². The zero-order valence-corrected chi connectivity index (χ0v) is 15.0. The molecule has 0 aromatic heterocycles. The van der Waals surface area contributed by atoms with Crippen molar-refractivity contribution in [2.75, 3.05) is 26.7 Å². The molecule has 7 heteroatoms. The predicted molar refractivity (Wildman–Crippen MR) is 93.4 cm³/mol. The van der Waals surface area contributed by atoms with Crippen molar-refractivity contribution in [3.05, 3.63) is 35.1 Å². The largest absolute Gasteiger partial charge is 0.469 e. The lowest BCUT2D eigenvalue weighted by Gasteiger charge is -2.21. The maximum atomic E-state index is 13.5. The lowest BCUT2D eigenvalue weighted by Crippen LogP contribution is -2.40. The van der Waals surface area contributed by atoms with Gasteiger partial charge in [-0.2, -0.15) is 0 Å². The molecule has 1 aromatic carbocycles. The summed E-state index contributed by atoms with van der Waals surface area (Å²) in [6.07, 6.45) is 0. The third-order valence-electron chi connectivity index (χ3n) is 4.44. The molecule has 1 saturated heterocycles. The fourth-order valence-electron chi connectivity index (χ4n) is 3.04. The molecular formula is C18H26FN3O3. The van der Waals surface area contributed by atoms with Crippen molar-refractivity contribution in [1.82, 2.24) is 10.2 Å². The van der Waals surface area contributed by atoms with E-state index in [1.807, 2.05) is 18.7 Å². The van der Waals surface area contributed by atoms with Crippen LogP contribution in [0.15, 0.2) is 23.2 Å². The second kappa shape index (κ2) is 8.80. The number of nitrogens with one attached hydrogen (secondary N) is 1. The van der Waals surface area contributed by atoms with Gasteiger partial charge in [-0.15, -0.1) is 0 Å². The van der Waals surface area contributed by atoms with Gasteiger partial charge in [0.1, 0.15) is 5.82 Å². The molecule has 2 rings (SSSR count). The number of carbonyl (C=O) groups excluding carboxylic acids is 1. The van der Waals surface area contributed by atoms with Crippen LogP contribution < -0.4 is 5.32 Å². The summed E-state index contributed by atoms with van der Waals surface area (Å²) in [7, 11) is 1.41. The smallest absolute Gasteiger partial charge is 0.310 e. The molecule has 1 aromatic rings. The minimum absolute atomic E-state index is 0.166. The molecule has 0 amide bonds. The SMILES string of the molecule is CCNC(=NCc1ccc(F)c(CO)c1)N1CC(C)C(C(=O)OC)C1. The van der Waals surface area contributed by atoms with Crippen LogP contribution in [0.4, 0.5) is 4.39 Å². The number of aliphatic imine (C=N–C) groups is 1. The Kier molecular flexibility index (Phi) is 6.75. The van der Waals surface area contributed by atoms with E-state index < -0.39 is 5.82 Å². The number of ether oxygens (including phenoxy) is 1. The van der Waals surface area contributed by atoms with Crippen molar-refractivity contribution >= 4 is 11.9 Å². The minimum Gasteiger partial charge on any atom is -0.469 e. The third-order valence-corrected chi connectivity index (χ3v) is 4.44. The summed E-state index contributed by atoms with van der Waals surface area (Å²) < 4.78 is 18.3. The molecule has 2 atom stereocenters. The van der Waals surface area contributed by atoms with E-state index in [9.17, 15) is 14.3 Å². The van der Waals surface area contributed by atoms with Gasteiger partial charge in [0.15, 0.2) is 5.96 Å². The Morgan fingerprint density at radius 2 is 2.24 bits per heavy atom. The fourth-order valence-corrected chi connectivity index (χ4v) is 3.04. The lowest BCUT2D eigenvalue weighted by molar-refractivity contribution is -0.145. The zero-order chi connectivity index (χ0) is 18.4. The Morgan fingerprint density at radius 1 is 1.48 bits per heavy atom. The summed E-state index contributed by atoms with van der Waals surface area (Å²) in [5.41, 5.74) is 1.08. The van der Waals surface area contributed by atoms with Crippen molar-refractivity contribution in [1.29, 1.82) is 0 Å². The molecular weight excluding hydrogens is 325 g/mol. The van der Waals surface area contributed by atoms with Crippen molar-refractivity contribution in [2.45, 2.75) is 27.0 Å². The Labute approximate surface area is 147 Å². The van der Waals surface area contributed by atoms with Gasteiger partial charge in [-0.1, -0.05) is 13.0 Å². The fraction of sp³-hybridized carbons (Fsp3) is 0.556. The van der Waals surface area contributed by atoms with Crippen molar-refractivity contribution in [2.24, 2.45) is 16.8 Å². The number of halogens is 1. The molecule has 2 unspecified atom stereocenters. The van der Waals surface area contributed by atoms with Crippen LogP contribution in [0, 0.1) is 17.7 Å². The van der Waals surface area contributed by atoms with E-state index in [0.717, 1.165) is 18.1 Å². The van der Waals surface area contributed by atoms with Gasteiger partial charge in [0.05, 0.1) is 26.2 Å². The number of likely N-dealkylation sites (tertiary alicyclic amines) is 1. The molecule has 0 spiro atoms. The Bertz CT molecular complexity index is 636. The highest BCUT2D eigenvalue weighted by Gasteiger charge is 2.36. The van der Waals surface area contributed by atoms with Crippen LogP contribution in [0.5, 0.6) is 0 Å². The molecule has 0 radical (unpaired) electrons. The highest BCUT2D eigenvalue weighted by molar-refractivity contribution is 5.82. The van der Waals surface area contributed by atoms with E-state index in [2.05, 4.69) is 10.3 Å². The Morgan fingerprint density at radius 3 is 2.88 bits per heavy atom. The van der Waals surface area contributed by atoms with Crippen LogP contribution in [0.1, 0.15) is 25.0 Å². The number of guanidine groups is 1. The second-order valence-corrected chi connectivity index (χ2v) is 6.27. The molecule has 1 heterocycles. The van der Waals surface area contributed by atoms with Crippen LogP contribution in [-0.4, -0.2) is 48.7 Å². The summed E-state index contributed by atoms with van der Waals surface area (Å²) in [6, 6.07) is 4.62. The van der Waals surface area contributed by atoms with Gasteiger partial charge in [-0.25, -0.2) is 9.38 Å². The molecule has 6 nitrogen and oxygen atoms in total. The molecule has 25 heavy (non-hydrogen) atoms. The first-order chi connectivity index (χ1) is 12.0. The molecule has 1 aliphatic rings. The maximum Gasteiger partial charge on any atom is 0.310 e. The maximum absolute atomic E-state index is 13.5. The molecule has 138 valence electrons. The Hall–Kier alpha value is -2.15. The van der Waals surface area contributed by atoms with Crippen LogP contribution in [0.2, 0.25) is 0 Å².